The van der Waals surface area contributed by atoms with E-state index >= 15 is 0 Å². The number of anilines is 1. The molecule has 0 aliphatic heterocycles. The van der Waals surface area contributed by atoms with Gasteiger partial charge in [-0.3, -0.25) is 9.93 Å². The zero-order valence-corrected chi connectivity index (χ0v) is 16.8. The molecular formula is C22H20FN3O2S. The van der Waals surface area contributed by atoms with E-state index in [1.807, 2.05) is 26.0 Å². The van der Waals surface area contributed by atoms with E-state index in [1.54, 1.807) is 24.3 Å². The molecule has 148 valence electrons. The van der Waals surface area contributed by atoms with Gasteiger partial charge < -0.3 is 10.1 Å². The summed E-state index contributed by atoms with van der Waals surface area (Å²) in [6.45, 7) is 4.00. The fourth-order valence-corrected chi connectivity index (χ4v) is 2.69. The monoisotopic (exact) mass is 409 g/mol. The van der Waals surface area contributed by atoms with Crippen LogP contribution >= 0.6 is 11.9 Å². The topological polar surface area (TPSA) is 88.1 Å². The van der Waals surface area contributed by atoms with Gasteiger partial charge in [0.15, 0.2) is 0 Å². The highest BCUT2D eigenvalue weighted by molar-refractivity contribution is 7.97. The van der Waals surface area contributed by atoms with Gasteiger partial charge in [-0.2, -0.15) is 5.26 Å². The minimum absolute atomic E-state index is 0.184. The van der Waals surface area contributed by atoms with Crippen molar-refractivity contribution in [2.45, 2.75) is 18.7 Å². The number of carbonyl (C=O) groups excluding carboxylic acids is 1. The SMILES string of the molecule is CC.N#Cc1ccc(Oc2ccc(F)cc2)c(C(=O)Nc2cccc(SN)c2)c1. The van der Waals surface area contributed by atoms with Crippen LogP contribution in [0.15, 0.2) is 71.6 Å². The van der Waals surface area contributed by atoms with Crippen molar-refractivity contribution in [2.24, 2.45) is 5.14 Å². The molecule has 0 aliphatic rings. The molecule has 3 aromatic carbocycles. The van der Waals surface area contributed by atoms with Crippen molar-refractivity contribution in [1.82, 2.24) is 0 Å². The fourth-order valence-electron chi connectivity index (χ4n) is 2.34. The molecule has 0 radical (unpaired) electrons. The molecular weight excluding hydrogens is 389 g/mol. The van der Waals surface area contributed by atoms with Gasteiger partial charge in [0, 0.05) is 10.6 Å². The zero-order valence-electron chi connectivity index (χ0n) is 16.0. The maximum Gasteiger partial charge on any atom is 0.259 e. The first-order valence-electron chi connectivity index (χ1n) is 8.85. The first-order chi connectivity index (χ1) is 14.1. The number of halogens is 1. The lowest BCUT2D eigenvalue weighted by molar-refractivity contribution is 0.102. The number of ether oxygens (including phenoxy) is 1. The molecule has 0 aromatic heterocycles. The lowest BCUT2D eigenvalue weighted by Crippen LogP contribution is -2.13. The van der Waals surface area contributed by atoms with E-state index in [0.717, 1.165) is 16.8 Å². The Morgan fingerprint density at radius 3 is 2.48 bits per heavy atom. The Morgan fingerprint density at radius 2 is 1.83 bits per heavy atom. The molecule has 0 saturated heterocycles. The number of nitriles is 1. The quantitative estimate of drug-likeness (QED) is 0.525. The summed E-state index contributed by atoms with van der Waals surface area (Å²) in [5, 5.41) is 17.4. The van der Waals surface area contributed by atoms with Crippen molar-refractivity contribution < 1.29 is 13.9 Å². The smallest absolute Gasteiger partial charge is 0.259 e. The van der Waals surface area contributed by atoms with E-state index in [9.17, 15) is 9.18 Å². The number of hydrogen-bond acceptors (Lipinski definition) is 5. The second kappa shape index (κ2) is 10.9. The largest absolute Gasteiger partial charge is 0.457 e. The van der Waals surface area contributed by atoms with Crippen LogP contribution in [-0.4, -0.2) is 5.91 Å². The predicted molar refractivity (Wildman–Crippen MR) is 113 cm³/mol. The molecule has 29 heavy (non-hydrogen) atoms. The third kappa shape index (κ3) is 6.07. The molecule has 0 fully saturated rings. The third-order valence-corrected chi connectivity index (χ3v) is 4.15. The second-order valence-electron chi connectivity index (χ2n) is 5.48. The van der Waals surface area contributed by atoms with Crippen LogP contribution in [-0.2, 0) is 0 Å². The van der Waals surface area contributed by atoms with Gasteiger partial charge in [0.25, 0.3) is 5.91 Å². The van der Waals surface area contributed by atoms with Crippen molar-refractivity contribution in [3.05, 3.63) is 83.7 Å². The minimum atomic E-state index is -0.441. The van der Waals surface area contributed by atoms with Gasteiger partial charge in [-0.1, -0.05) is 19.9 Å². The van der Waals surface area contributed by atoms with Crippen LogP contribution in [0, 0.1) is 17.1 Å². The molecule has 0 atom stereocenters. The molecule has 3 aromatic rings. The summed E-state index contributed by atoms with van der Waals surface area (Å²) in [6, 6.07) is 19.0. The van der Waals surface area contributed by atoms with Crippen molar-refractivity contribution in [2.75, 3.05) is 5.32 Å². The molecule has 0 aliphatic carbocycles. The maximum atomic E-state index is 13.1. The number of nitrogens with two attached hydrogens (primary N) is 1. The summed E-state index contributed by atoms with van der Waals surface area (Å²) in [7, 11) is 0. The van der Waals surface area contributed by atoms with Crippen molar-refractivity contribution in [1.29, 1.82) is 5.26 Å². The number of nitrogens with one attached hydrogen (secondary N) is 1. The number of amides is 1. The van der Waals surface area contributed by atoms with Gasteiger partial charge in [0.05, 0.1) is 17.2 Å². The summed E-state index contributed by atoms with van der Waals surface area (Å²) in [5.74, 6) is -0.208. The lowest BCUT2D eigenvalue weighted by atomic mass is 10.1. The first-order valence-corrected chi connectivity index (χ1v) is 9.73. The number of nitrogens with zero attached hydrogens (tertiary/aromatic N) is 1. The van der Waals surface area contributed by atoms with E-state index in [2.05, 4.69) is 5.32 Å². The van der Waals surface area contributed by atoms with Crippen LogP contribution in [0.5, 0.6) is 11.5 Å². The molecule has 0 heterocycles. The Morgan fingerprint density at radius 1 is 1.10 bits per heavy atom. The lowest BCUT2D eigenvalue weighted by Gasteiger charge is -2.12. The van der Waals surface area contributed by atoms with Crippen LogP contribution in [0.2, 0.25) is 0 Å². The molecule has 3 N–H and O–H groups in total. The van der Waals surface area contributed by atoms with Gasteiger partial charge in [-0.05, 0) is 72.6 Å². The number of hydrogen-bond donors (Lipinski definition) is 2. The summed E-state index contributed by atoms with van der Waals surface area (Å²) in [6.07, 6.45) is 0. The van der Waals surface area contributed by atoms with E-state index < -0.39 is 11.7 Å². The molecule has 5 nitrogen and oxygen atoms in total. The van der Waals surface area contributed by atoms with Crippen LogP contribution in [0.25, 0.3) is 0 Å². The maximum absolute atomic E-state index is 13.1. The van der Waals surface area contributed by atoms with E-state index in [0.29, 0.717) is 17.0 Å². The number of rotatable bonds is 5. The standard InChI is InChI=1S/C20H14FN3O2S.C2H6/c21-14-5-7-16(8-6-14)26-19-9-4-13(12-22)10-18(19)20(25)24-15-2-1-3-17(11-15)27-23;1-2/h1-11H,23H2,(H,24,25);1-2H3. The zero-order chi connectivity index (χ0) is 21.2. The Kier molecular flexibility index (Phi) is 8.22. The number of carbonyl (C=O) groups is 1. The highest BCUT2D eigenvalue weighted by Crippen LogP contribution is 2.28. The van der Waals surface area contributed by atoms with Crippen molar-refractivity contribution >= 4 is 23.5 Å². The summed E-state index contributed by atoms with van der Waals surface area (Å²) in [4.78, 5) is 13.5. The average molecular weight is 409 g/mol. The average Bonchev–Trinajstić information content (AvgIpc) is 2.77. The van der Waals surface area contributed by atoms with E-state index in [-0.39, 0.29) is 11.3 Å². The molecule has 0 saturated carbocycles. The molecule has 0 unspecified atom stereocenters. The van der Waals surface area contributed by atoms with E-state index in [1.165, 1.54) is 36.4 Å². The molecule has 7 heteroatoms. The fraction of sp³-hybridized carbons (Fsp3) is 0.0909. The van der Waals surface area contributed by atoms with Crippen LogP contribution in [0.1, 0.15) is 29.8 Å². The highest BCUT2D eigenvalue weighted by atomic mass is 32.2. The Bertz CT molecular complexity index is 1020. The summed E-state index contributed by atoms with van der Waals surface area (Å²) < 4.78 is 18.8. The normalized spacial score (nSPS) is 9.62. The minimum Gasteiger partial charge on any atom is -0.457 e. The summed E-state index contributed by atoms with van der Waals surface area (Å²) >= 11 is 1.07. The number of benzene rings is 3. The van der Waals surface area contributed by atoms with Crippen molar-refractivity contribution in [3.8, 4) is 17.6 Å². The Balaban J connectivity index is 0.00000145. The molecule has 1 amide bonds. The first kappa shape index (κ1) is 22.0. The second-order valence-corrected chi connectivity index (χ2v) is 6.19. The van der Waals surface area contributed by atoms with Crippen LogP contribution in [0.4, 0.5) is 10.1 Å². The van der Waals surface area contributed by atoms with Crippen LogP contribution < -0.4 is 15.2 Å². The highest BCUT2D eigenvalue weighted by Gasteiger charge is 2.15. The van der Waals surface area contributed by atoms with Crippen LogP contribution in [0.3, 0.4) is 0 Å². The molecule has 0 spiro atoms. The Labute approximate surface area is 173 Å². The van der Waals surface area contributed by atoms with Gasteiger partial charge in [-0.15, -0.1) is 0 Å². The molecule has 0 bridgehead atoms. The van der Waals surface area contributed by atoms with Gasteiger partial charge in [-0.25, -0.2) is 4.39 Å². The van der Waals surface area contributed by atoms with E-state index in [4.69, 9.17) is 15.1 Å². The Hall–Kier alpha value is -3.34. The van der Waals surface area contributed by atoms with Crippen molar-refractivity contribution in [3.63, 3.8) is 0 Å². The predicted octanol–water partition coefficient (Wildman–Crippen LogP) is 5.73. The molecule has 3 rings (SSSR count). The van der Waals surface area contributed by atoms with Gasteiger partial charge in [0.1, 0.15) is 17.3 Å². The van der Waals surface area contributed by atoms with Gasteiger partial charge in [0.2, 0.25) is 0 Å². The third-order valence-electron chi connectivity index (χ3n) is 3.62. The summed E-state index contributed by atoms with van der Waals surface area (Å²) in [5.41, 5.74) is 1.06. The van der Waals surface area contributed by atoms with Gasteiger partial charge >= 0.3 is 0 Å².